The summed E-state index contributed by atoms with van der Waals surface area (Å²) in [6.45, 7) is 4.26. The Kier molecular flexibility index (Phi) is 7.56. The van der Waals surface area contributed by atoms with Crippen LogP contribution in [0.2, 0.25) is 0 Å². The monoisotopic (exact) mass is 584 g/mol. The zero-order valence-electron chi connectivity index (χ0n) is 23.6. The van der Waals surface area contributed by atoms with E-state index in [1.165, 1.54) is 4.88 Å². The fourth-order valence-corrected chi connectivity index (χ4v) is 7.99. The minimum atomic E-state index is -0.173. The van der Waals surface area contributed by atoms with Crippen LogP contribution in [0.25, 0.3) is 0 Å². The van der Waals surface area contributed by atoms with Crippen LogP contribution in [0.15, 0.2) is 72.1 Å². The molecule has 9 heteroatoms. The topological polar surface area (TPSA) is 95.0 Å². The number of benzene rings is 1. The molecule has 4 atom stereocenters. The number of likely N-dealkylation sites (tertiary alicyclic amines) is 1. The molecule has 2 aromatic rings. The number of morpholine rings is 1. The zero-order chi connectivity index (χ0) is 28.6. The summed E-state index contributed by atoms with van der Waals surface area (Å²) in [7, 11) is 0. The number of carbonyl (C=O) groups is 2. The summed E-state index contributed by atoms with van der Waals surface area (Å²) in [6.07, 6.45) is 16.1. The Hall–Kier alpha value is -3.53. The van der Waals surface area contributed by atoms with Crippen LogP contribution in [0.1, 0.15) is 51.8 Å². The Morgan fingerprint density at radius 2 is 1.88 bits per heavy atom. The van der Waals surface area contributed by atoms with Crippen LogP contribution < -0.4 is 5.32 Å². The maximum atomic E-state index is 13.6. The maximum Gasteiger partial charge on any atom is 0.257 e. The first-order valence-corrected chi connectivity index (χ1v) is 15.8. The Balaban J connectivity index is 1.02. The molecule has 42 heavy (non-hydrogen) atoms. The van der Waals surface area contributed by atoms with E-state index in [1.54, 1.807) is 17.4 Å². The number of nitrogens with zero attached hydrogens (tertiary/aromatic N) is 3. The van der Waals surface area contributed by atoms with Crippen LogP contribution in [0, 0.1) is 11.8 Å². The molecule has 0 bridgehead atoms. The molecule has 2 unspecified atom stereocenters. The number of aromatic nitrogens is 1. The van der Waals surface area contributed by atoms with E-state index in [0.29, 0.717) is 28.9 Å². The number of aliphatic hydroxyl groups is 1. The average Bonchev–Trinajstić information content (AvgIpc) is 3.68. The third-order valence-electron chi connectivity index (χ3n) is 9.16. The largest absolute Gasteiger partial charge is 0.508 e. The van der Waals surface area contributed by atoms with Gasteiger partial charge in [0, 0.05) is 53.5 Å². The number of anilines is 1. The third kappa shape index (κ3) is 5.48. The van der Waals surface area contributed by atoms with Crippen molar-refractivity contribution < 1.29 is 19.4 Å². The summed E-state index contributed by atoms with van der Waals surface area (Å²) in [6, 6.07) is 8.11. The molecule has 0 radical (unpaired) electrons. The van der Waals surface area contributed by atoms with E-state index in [1.807, 2.05) is 59.5 Å². The second-order valence-corrected chi connectivity index (χ2v) is 12.8. The number of fused-ring (bicyclic) bond motifs is 2. The van der Waals surface area contributed by atoms with Gasteiger partial charge in [-0.1, -0.05) is 36.4 Å². The fraction of sp³-hybridized carbons (Fsp3) is 0.424. The highest BCUT2D eigenvalue weighted by molar-refractivity contribution is 7.15. The first kappa shape index (κ1) is 27.3. The number of carbonyl (C=O) groups excluding carboxylic acids is 2. The number of rotatable bonds is 5. The molecule has 2 fully saturated rings. The molecule has 218 valence electrons. The molecule has 2 saturated heterocycles. The molecular weight excluding hydrogens is 548 g/mol. The van der Waals surface area contributed by atoms with Gasteiger partial charge in [0.25, 0.3) is 11.8 Å². The van der Waals surface area contributed by atoms with E-state index in [4.69, 9.17) is 9.72 Å². The summed E-state index contributed by atoms with van der Waals surface area (Å²) < 4.78 is 5.52. The van der Waals surface area contributed by atoms with Crippen molar-refractivity contribution in [1.82, 2.24) is 14.8 Å². The zero-order valence-corrected chi connectivity index (χ0v) is 24.4. The highest BCUT2D eigenvalue weighted by atomic mass is 32.1. The van der Waals surface area contributed by atoms with Crippen LogP contribution >= 0.6 is 11.3 Å². The van der Waals surface area contributed by atoms with Crippen molar-refractivity contribution in [2.24, 2.45) is 11.8 Å². The van der Waals surface area contributed by atoms with Gasteiger partial charge in [0.15, 0.2) is 5.13 Å². The second kappa shape index (κ2) is 11.6. The average molecular weight is 585 g/mol. The van der Waals surface area contributed by atoms with Gasteiger partial charge in [-0.05, 0) is 62.0 Å². The normalized spacial score (nSPS) is 27.2. The molecule has 2 aliphatic heterocycles. The standard InChI is InChI=1S/C33H36N4O4S/c38-27-10-8-21-17-25(7-6-22(21)19-27)32(40)37-12-2-5-29(37)23-3-1-4-24(18-23)31(39)35-33-34-28-11-9-26(20-30(28)42-33)36-13-15-41-16-14-36/h1,3-4,6-8,10,17-19,21-22,26,29,38H,2,5,9,11-16,20H2,(H,34,35,39)/t21?,22?,26-,29+/m0/s1. The highest BCUT2D eigenvalue weighted by Gasteiger charge is 2.33. The summed E-state index contributed by atoms with van der Waals surface area (Å²) in [5.41, 5.74) is 3.34. The van der Waals surface area contributed by atoms with Gasteiger partial charge in [-0.25, -0.2) is 4.98 Å². The van der Waals surface area contributed by atoms with Crippen molar-refractivity contribution >= 4 is 28.3 Å². The first-order valence-electron chi connectivity index (χ1n) is 15.0. The number of thiazole rings is 1. The van der Waals surface area contributed by atoms with Gasteiger partial charge in [0.1, 0.15) is 5.76 Å². The molecule has 1 aromatic heterocycles. The molecule has 3 aliphatic carbocycles. The summed E-state index contributed by atoms with van der Waals surface area (Å²) >= 11 is 1.59. The predicted octanol–water partition coefficient (Wildman–Crippen LogP) is 4.99. The second-order valence-electron chi connectivity index (χ2n) is 11.8. The lowest BCUT2D eigenvalue weighted by Gasteiger charge is -2.36. The van der Waals surface area contributed by atoms with E-state index >= 15 is 0 Å². The van der Waals surface area contributed by atoms with E-state index in [-0.39, 0.29) is 35.5 Å². The lowest BCUT2D eigenvalue weighted by atomic mass is 9.82. The predicted molar refractivity (Wildman–Crippen MR) is 162 cm³/mol. The molecule has 2 amide bonds. The van der Waals surface area contributed by atoms with Crippen LogP contribution in [0.4, 0.5) is 5.13 Å². The van der Waals surface area contributed by atoms with Gasteiger partial charge in [-0.2, -0.15) is 0 Å². The SMILES string of the molecule is O=C(Nc1nc2c(s1)C[C@@H](N1CCOCC1)CC2)c1cccc([C@H]2CCCN2C(=O)C2=CC3C=CC(O)=CC3C=C2)c1. The molecule has 0 saturated carbocycles. The van der Waals surface area contributed by atoms with Gasteiger partial charge in [-0.3, -0.25) is 19.8 Å². The van der Waals surface area contributed by atoms with Crippen LogP contribution in [0.3, 0.4) is 0 Å². The molecule has 3 heterocycles. The van der Waals surface area contributed by atoms with E-state index < -0.39 is 0 Å². The number of hydrogen-bond donors (Lipinski definition) is 2. The number of hydrogen-bond acceptors (Lipinski definition) is 7. The Morgan fingerprint density at radius 3 is 2.76 bits per heavy atom. The smallest absolute Gasteiger partial charge is 0.257 e. The maximum absolute atomic E-state index is 13.6. The van der Waals surface area contributed by atoms with Crippen molar-refractivity contribution in [3.63, 3.8) is 0 Å². The summed E-state index contributed by atoms with van der Waals surface area (Å²) in [5, 5.41) is 13.5. The quantitative estimate of drug-likeness (QED) is 0.515. The van der Waals surface area contributed by atoms with Gasteiger partial charge in [-0.15, -0.1) is 11.3 Å². The number of allylic oxidation sites excluding steroid dienone is 5. The van der Waals surface area contributed by atoms with E-state index in [9.17, 15) is 14.7 Å². The first-order chi connectivity index (χ1) is 20.5. The number of ether oxygens (including phenoxy) is 1. The third-order valence-corrected chi connectivity index (χ3v) is 10.2. The van der Waals surface area contributed by atoms with Crippen molar-refractivity contribution in [1.29, 1.82) is 0 Å². The molecule has 0 spiro atoms. The van der Waals surface area contributed by atoms with Crippen molar-refractivity contribution in [2.75, 3.05) is 38.2 Å². The Morgan fingerprint density at radius 1 is 1.05 bits per heavy atom. The minimum Gasteiger partial charge on any atom is -0.508 e. The van der Waals surface area contributed by atoms with Crippen LogP contribution in [-0.2, 0) is 22.4 Å². The molecule has 8 nitrogen and oxygen atoms in total. The van der Waals surface area contributed by atoms with Crippen LogP contribution in [-0.4, -0.2) is 70.6 Å². The molecule has 7 rings (SSSR count). The van der Waals surface area contributed by atoms with Gasteiger partial charge in [0.05, 0.1) is 24.9 Å². The molecule has 1 aromatic carbocycles. The highest BCUT2D eigenvalue weighted by Crippen LogP contribution is 2.37. The van der Waals surface area contributed by atoms with Crippen molar-refractivity contribution in [2.45, 2.75) is 44.2 Å². The molecular formula is C33H36N4O4S. The Bertz CT molecular complexity index is 1500. The van der Waals surface area contributed by atoms with Gasteiger partial charge in [0.2, 0.25) is 0 Å². The van der Waals surface area contributed by atoms with Crippen molar-refractivity contribution in [3.05, 3.63) is 93.8 Å². The lowest BCUT2D eigenvalue weighted by Crippen LogP contribution is -2.45. The summed E-state index contributed by atoms with van der Waals surface area (Å²) in [4.78, 5) is 37.5. The molecule has 2 N–H and O–H groups in total. The summed E-state index contributed by atoms with van der Waals surface area (Å²) in [5.74, 6) is 0.246. The van der Waals surface area contributed by atoms with Gasteiger partial charge < -0.3 is 14.7 Å². The Labute approximate surface area is 250 Å². The number of nitrogens with one attached hydrogen (secondary N) is 1. The van der Waals surface area contributed by atoms with E-state index in [0.717, 1.165) is 69.7 Å². The molecule has 5 aliphatic rings. The van der Waals surface area contributed by atoms with E-state index in [2.05, 4.69) is 10.2 Å². The van der Waals surface area contributed by atoms with Crippen molar-refractivity contribution in [3.8, 4) is 0 Å². The minimum absolute atomic E-state index is 0.0120. The number of aliphatic hydroxyl groups excluding tert-OH is 1. The fourth-order valence-electron chi connectivity index (χ4n) is 6.92. The number of amides is 2. The van der Waals surface area contributed by atoms with Crippen LogP contribution in [0.5, 0.6) is 0 Å². The van der Waals surface area contributed by atoms with Gasteiger partial charge >= 0.3 is 0 Å². The number of aryl methyl sites for hydroxylation is 1. The lowest BCUT2D eigenvalue weighted by molar-refractivity contribution is -0.127.